The molecule has 2 heterocycles. The predicted molar refractivity (Wildman–Crippen MR) is 207 cm³/mol. The number of benzene rings is 4. The van der Waals surface area contributed by atoms with Gasteiger partial charge in [0.1, 0.15) is 9.79 Å². The van der Waals surface area contributed by atoms with Gasteiger partial charge in [0.05, 0.1) is 21.4 Å². The number of nitrogens with zero attached hydrogens (tertiary/aromatic N) is 6. The first kappa shape index (κ1) is 38.5. The minimum atomic E-state index is -4.84. The van der Waals surface area contributed by atoms with Crippen LogP contribution in [0.5, 0.6) is 0 Å². The molecule has 2 aromatic heterocycles. The zero-order valence-electron chi connectivity index (χ0n) is 26.8. The highest BCUT2D eigenvalue weighted by molar-refractivity contribution is 7.86. The van der Waals surface area contributed by atoms with Crippen molar-refractivity contribution in [2.45, 2.75) is 9.79 Å². The number of para-hydroxylation sites is 2. The Bertz CT molecular complexity index is 2480. The van der Waals surface area contributed by atoms with Gasteiger partial charge in [0.2, 0.25) is 34.4 Å². The van der Waals surface area contributed by atoms with Gasteiger partial charge in [-0.3, -0.25) is 9.11 Å². The fourth-order valence-corrected chi connectivity index (χ4v) is 6.78. The van der Waals surface area contributed by atoms with Crippen LogP contribution in [0, 0.1) is 0 Å². The van der Waals surface area contributed by atoms with E-state index in [1.807, 2.05) is 0 Å². The van der Waals surface area contributed by atoms with Crippen molar-refractivity contribution in [1.82, 2.24) is 29.9 Å². The maximum absolute atomic E-state index is 12.5. The fourth-order valence-electron chi connectivity index (χ4n) is 4.67. The van der Waals surface area contributed by atoms with Gasteiger partial charge in [-0.05, 0) is 82.9 Å². The van der Waals surface area contributed by atoms with Crippen LogP contribution >= 0.6 is 46.4 Å². The highest BCUT2D eigenvalue weighted by atomic mass is 35.5. The van der Waals surface area contributed by atoms with Crippen molar-refractivity contribution >= 4 is 125 Å². The number of hydrogen-bond acceptors (Lipinski definition) is 14. The van der Waals surface area contributed by atoms with E-state index in [0.29, 0.717) is 21.4 Å². The van der Waals surface area contributed by atoms with Gasteiger partial charge in [-0.2, -0.15) is 46.7 Å². The van der Waals surface area contributed by atoms with Crippen molar-refractivity contribution in [2.75, 3.05) is 21.3 Å². The topological polar surface area (TPSA) is 234 Å². The van der Waals surface area contributed by atoms with Crippen molar-refractivity contribution in [3.8, 4) is 0 Å². The normalized spacial score (nSPS) is 11.7. The van der Waals surface area contributed by atoms with E-state index in [2.05, 4.69) is 51.2 Å². The lowest BCUT2D eigenvalue weighted by Crippen LogP contribution is -2.06. The first-order chi connectivity index (χ1) is 25.6. The Morgan fingerprint density at radius 2 is 0.833 bits per heavy atom. The summed E-state index contributed by atoms with van der Waals surface area (Å²) in [5.41, 5.74) is 1.15. The Hall–Kier alpha value is -5.18. The molecular weight excluding hydrogens is 826 g/mol. The second kappa shape index (κ2) is 16.0. The minimum absolute atomic E-state index is 0.0308. The number of anilines is 8. The maximum atomic E-state index is 12.5. The summed E-state index contributed by atoms with van der Waals surface area (Å²) in [7, 11) is -9.68. The average molecular weight is 849 g/mol. The molecule has 54 heavy (non-hydrogen) atoms. The molecule has 0 amide bonds. The Kier molecular flexibility index (Phi) is 11.5. The van der Waals surface area contributed by atoms with Crippen LogP contribution in [-0.4, -0.2) is 55.8 Å². The van der Waals surface area contributed by atoms with Crippen LogP contribution in [0.4, 0.5) is 46.5 Å². The monoisotopic (exact) mass is 846 g/mol. The zero-order valence-corrected chi connectivity index (χ0v) is 31.4. The van der Waals surface area contributed by atoms with Crippen LogP contribution in [0.15, 0.2) is 94.7 Å². The Morgan fingerprint density at radius 3 is 1.19 bits per heavy atom. The van der Waals surface area contributed by atoms with E-state index in [4.69, 9.17) is 46.4 Å². The summed E-state index contributed by atoms with van der Waals surface area (Å²) in [5.74, 6) is -0.0899. The molecule has 6 aromatic rings. The van der Waals surface area contributed by atoms with Crippen molar-refractivity contribution in [3.63, 3.8) is 0 Å². The molecule has 0 saturated heterocycles. The molecule has 6 N–H and O–H groups in total. The molecule has 6 rings (SSSR count). The first-order valence-corrected chi connectivity index (χ1v) is 19.3. The molecule has 0 aliphatic carbocycles. The molecular formula is C32H22Cl4N10O6S2. The van der Waals surface area contributed by atoms with Crippen molar-refractivity contribution < 1.29 is 25.9 Å². The number of halogens is 4. The largest absolute Gasteiger partial charge is 0.324 e. The number of aromatic nitrogens is 6. The molecule has 0 aliphatic rings. The molecule has 276 valence electrons. The van der Waals surface area contributed by atoms with Gasteiger partial charge in [-0.25, -0.2) is 0 Å². The summed E-state index contributed by atoms with van der Waals surface area (Å²) in [6.07, 6.45) is 2.46. The van der Waals surface area contributed by atoms with Crippen LogP contribution in [0.3, 0.4) is 0 Å². The highest BCUT2D eigenvalue weighted by Crippen LogP contribution is 2.30. The standard InChI is InChI=1S/C32H22Cl4N10O6S2/c33-21-5-1-3-7-23(21)39-31-43-27(35)41-29(45-31)37-19-13-11-17(25(15-19)53(47,48)49)9-10-18-12-14-20(16-26(18)54(50,51)52)38-30-42-28(36)44-32(46-30)40-24-8-4-2-6-22(24)34/h1-16H,(H,47,48,49)(H,50,51,52)(H2,37,39,41,43,45)(H2,38,40,42,44,46)/b10-9+. The molecule has 0 unspecified atom stereocenters. The number of hydrogen-bond donors (Lipinski definition) is 6. The third kappa shape index (κ3) is 9.87. The van der Waals surface area contributed by atoms with E-state index in [-0.39, 0.29) is 56.9 Å². The smallest absolute Gasteiger partial charge is 0.295 e. The van der Waals surface area contributed by atoms with Gasteiger partial charge in [-0.15, -0.1) is 0 Å². The maximum Gasteiger partial charge on any atom is 0.295 e. The van der Waals surface area contributed by atoms with E-state index >= 15 is 0 Å². The summed E-state index contributed by atoms with van der Waals surface area (Å²) in [4.78, 5) is 23.4. The van der Waals surface area contributed by atoms with E-state index in [1.165, 1.54) is 36.4 Å². The SMILES string of the molecule is O=S(=O)(O)c1cc(Nc2nc(Cl)nc(Nc3ccccc3Cl)n2)ccc1/C=C/c1ccc(Nc2nc(Cl)nc(Nc3ccccc3Cl)n2)cc1S(=O)(=O)O. The van der Waals surface area contributed by atoms with Gasteiger partial charge < -0.3 is 21.3 Å². The van der Waals surface area contributed by atoms with Gasteiger partial charge in [0.25, 0.3) is 20.2 Å². The third-order valence-corrected chi connectivity index (χ3v) is 9.81. The number of nitrogens with one attached hydrogen (secondary N) is 4. The average Bonchev–Trinajstić information content (AvgIpc) is 3.09. The van der Waals surface area contributed by atoms with Gasteiger partial charge in [0, 0.05) is 11.4 Å². The molecule has 0 saturated carbocycles. The van der Waals surface area contributed by atoms with E-state index in [9.17, 15) is 25.9 Å². The predicted octanol–water partition coefficient (Wildman–Crippen LogP) is 8.31. The molecule has 0 bridgehead atoms. The van der Waals surface area contributed by atoms with Crippen molar-refractivity contribution in [2.24, 2.45) is 0 Å². The summed E-state index contributed by atoms with van der Waals surface area (Å²) >= 11 is 24.6. The lowest BCUT2D eigenvalue weighted by molar-refractivity contribution is 0.480. The van der Waals surface area contributed by atoms with E-state index < -0.39 is 30.0 Å². The highest BCUT2D eigenvalue weighted by Gasteiger charge is 2.19. The lowest BCUT2D eigenvalue weighted by atomic mass is 10.1. The van der Waals surface area contributed by atoms with Crippen molar-refractivity contribution in [3.05, 3.63) is 117 Å². The lowest BCUT2D eigenvalue weighted by Gasteiger charge is -2.12. The molecule has 0 fully saturated rings. The Labute approximate surface area is 327 Å². The van der Waals surface area contributed by atoms with Crippen LogP contribution in [0.25, 0.3) is 12.2 Å². The zero-order chi connectivity index (χ0) is 38.6. The van der Waals surface area contributed by atoms with Gasteiger partial charge in [-0.1, -0.05) is 71.8 Å². The quantitative estimate of drug-likeness (QED) is 0.0502. The van der Waals surface area contributed by atoms with E-state index in [1.54, 1.807) is 48.5 Å². The second-order valence-corrected chi connectivity index (χ2v) is 15.0. The van der Waals surface area contributed by atoms with Crippen LogP contribution in [0.2, 0.25) is 20.6 Å². The summed E-state index contributed by atoms with van der Waals surface area (Å²) < 4.78 is 70.0. The van der Waals surface area contributed by atoms with Crippen molar-refractivity contribution in [1.29, 1.82) is 0 Å². The molecule has 0 atom stereocenters. The van der Waals surface area contributed by atoms with Crippen LogP contribution < -0.4 is 21.3 Å². The third-order valence-electron chi connectivity index (χ3n) is 6.99. The minimum Gasteiger partial charge on any atom is -0.324 e. The Balaban J connectivity index is 1.25. The van der Waals surface area contributed by atoms with E-state index in [0.717, 1.165) is 12.1 Å². The molecule has 0 radical (unpaired) electrons. The summed E-state index contributed by atoms with van der Waals surface area (Å²) in [5, 5.41) is 11.8. The van der Waals surface area contributed by atoms with Gasteiger partial charge in [0.15, 0.2) is 0 Å². The molecule has 16 nitrogen and oxygen atoms in total. The number of rotatable bonds is 12. The summed E-state index contributed by atoms with van der Waals surface area (Å²) in [6.45, 7) is 0. The Morgan fingerprint density at radius 1 is 0.481 bits per heavy atom. The molecule has 22 heteroatoms. The van der Waals surface area contributed by atoms with Crippen LogP contribution in [-0.2, 0) is 20.2 Å². The molecule has 0 aliphatic heterocycles. The summed E-state index contributed by atoms with van der Waals surface area (Å²) in [6, 6.07) is 21.4. The first-order valence-electron chi connectivity index (χ1n) is 14.9. The molecule has 4 aromatic carbocycles. The molecule has 0 spiro atoms. The van der Waals surface area contributed by atoms with Gasteiger partial charge >= 0.3 is 0 Å². The second-order valence-electron chi connectivity index (χ2n) is 10.8. The fraction of sp³-hybridized carbons (Fsp3) is 0. The van der Waals surface area contributed by atoms with Crippen LogP contribution in [0.1, 0.15) is 11.1 Å².